The van der Waals surface area contributed by atoms with Crippen LogP contribution in [0.1, 0.15) is 32.4 Å². The monoisotopic (exact) mass is 293 g/mol. The molecular formula is C12H17ClFNO2S. The first-order valence-corrected chi connectivity index (χ1v) is 7.01. The van der Waals surface area contributed by atoms with Crippen LogP contribution in [0.5, 0.6) is 0 Å². The van der Waals surface area contributed by atoms with E-state index in [1.54, 1.807) is 6.07 Å². The van der Waals surface area contributed by atoms with Gasteiger partial charge in [-0.1, -0.05) is 11.6 Å². The highest BCUT2D eigenvalue weighted by Crippen LogP contribution is 2.21. The van der Waals surface area contributed by atoms with Gasteiger partial charge in [-0.2, -0.15) is 0 Å². The number of hydrogen-bond donors (Lipinski definition) is 2. The van der Waals surface area contributed by atoms with Crippen LogP contribution < -0.4 is 4.72 Å². The summed E-state index contributed by atoms with van der Waals surface area (Å²) in [4.78, 5) is 0. The summed E-state index contributed by atoms with van der Waals surface area (Å²) in [5.41, 5.74) is 0.472. The number of aliphatic hydroxyl groups excluding tert-OH is 1. The Morgan fingerprint density at radius 1 is 1.44 bits per heavy atom. The standard InChI is InChI=1S/C12H17ClFNO2S/c1-12(2,3)18(17)15-11(7-16)8-4-9(13)6-10(14)5-8/h4-6,11,15-16H,7H2,1-3H3/t11-,18+/m1/s1. The van der Waals surface area contributed by atoms with Crippen LogP contribution in [0.15, 0.2) is 18.2 Å². The van der Waals surface area contributed by atoms with E-state index in [9.17, 15) is 13.7 Å². The summed E-state index contributed by atoms with van der Waals surface area (Å²) >= 11 is 5.75. The van der Waals surface area contributed by atoms with Gasteiger partial charge in [-0.3, -0.25) is 0 Å². The molecule has 2 atom stereocenters. The molecule has 1 aromatic rings. The van der Waals surface area contributed by atoms with Crippen LogP contribution in [0.4, 0.5) is 4.39 Å². The zero-order chi connectivity index (χ0) is 13.9. The zero-order valence-corrected chi connectivity index (χ0v) is 12.1. The Bertz CT molecular complexity index is 428. The van der Waals surface area contributed by atoms with Crippen LogP contribution in [-0.4, -0.2) is 20.7 Å². The maximum atomic E-state index is 13.2. The lowest BCUT2D eigenvalue weighted by molar-refractivity contribution is 0.259. The molecule has 1 rings (SSSR count). The van der Waals surface area contributed by atoms with Gasteiger partial charge in [0, 0.05) is 5.02 Å². The van der Waals surface area contributed by atoms with E-state index in [1.165, 1.54) is 12.1 Å². The number of aliphatic hydroxyl groups is 1. The van der Waals surface area contributed by atoms with Gasteiger partial charge in [0.25, 0.3) is 0 Å². The molecule has 0 aromatic heterocycles. The first kappa shape index (κ1) is 15.6. The Kier molecular flexibility index (Phi) is 5.28. The molecule has 0 fully saturated rings. The third-order valence-electron chi connectivity index (χ3n) is 2.28. The van der Waals surface area contributed by atoms with Gasteiger partial charge in [-0.05, 0) is 44.5 Å². The molecule has 18 heavy (non-hydrogen) atoms. The zero-order valence-electron chi connectivity index (χ0n) is 10.5. The van der Waals surface area contributed by atoms with E-state index in [0.29, 0.717) is 5.56 Å². The number of nitrogens with one attached hydrogen (secondary N) is 1. The number of rotatable bonds is 4. The van der Waals surface area contributed by atoms with Crippen molar-refractivity contribution >= 4 is 22.6 Å². The Hall–Kier alpha value is -0.490. The lowest BCUT2D eigenvalue weighted by atomic mass is 10.1. The molecule has 102 valence electrons. The normalized spacial score (nSPS) is 15.4. The van der Waals surface area contributed by atoms with Gasteiger partial charge in [0.2, 0.25) is 0 Å². The predicted molar refractivity (Wildman–Crippen MR) is 72.3 cm³/mol. The molecular weight excluding hydrogens is 277 g/mol. The summed E-state index contributed by atoms with van der Waals surface area (Å²) in [5, 5.41) is 9.56. The van der Waals surface area contributed by atoms with Crippen molar-refractivity contribution in [2.24, 2.45) is 0 Å². The quantitative estimate of drug-likeness (QED) is 0.896. The summed E-state index contributed by atoms with van der Waals surface area (Å²) in [6.45, 7) is 5.14. The molecule has 0 saturated carbocycles. The predicted octanol–water partition coefficient (Wildman–Crippen LogP) is 2.56. The lowest BCUT2D eigenvalue weighted by Crippen LogP contribution is -2.37. The fraction of sp³-hybridized carbons (Fsp3) is 0.500. The third-order valence-corrected chi connectivity index (χ3v) is 4.10. The Morgan fingerprint density at radius 3 is 2.50 bits per heavy atom. The van der Waals surface area contributed by atoms with Crippen molar-refractivity contribution in [2.45, 2.75) is 31.6 Å². The van der Waals surface area contributed by atoms with E-state index >= 15 is 0 Å². The molecule has 0 saturated heterocycles. The second-order valence-corrected chi connectivity index (χ2v) is 7.37. The van der Waals surface area contributed by atoms with Crippen molar-refractivity contribution in [1.29, 1.82) is 0 Å². The molecule has 0 bridgehead atoms. The highest BCUT2D eigenvalue weighted by molar-refractivity contribution is 7.84. The second-order valence-electron chi connectivity index (χ2n) is 4.94. The van der Waals surface area contributed by atoms with Crippen LogP contribution in [0.25, 0.3) is 0 Å². The van der Waals surface area contributed by atoms with Gasteiger partial charge in [0.05, 0.1) is 28.4 Å². The molecule has 0 spiro atoms. The minimum atomic E-state index is -1.36. The average Bonchev–Trinajstić information content (AvgIpc) is 2.22. The summed E-state index contributed by atoms with van der Waals surface area (Å²) in [5.74, 6) is -0.487. The Balaban J connectivity index is 2.93. The van der Waals surface area contributed by atoms with Gasteiger partial charge in [-0.25, -0.2) is 13.3 Å². The lowest BCUT2D eigenvalue weighted by Gasteiger charge is -2.23. The first-order chi connectivity index (χ1) is 8.24. The second kappa shape index (κ2) is 6.10. The van der Waals surface area contributed by atoms with Crippen molar-refractivity contribution in [3.8, 4) is 0 Å². The van der Waals surface area contributed by atoms with E-state index in [0.717, 1.165) is 0 Å². The molecule has 6 heteroatoms. The fourth-order valence-electron chi connectivity index (χ4n) is 1.29. The highest BCUT2D eigenvalue weighted by atomic mass is 35.5. The molecule has 3 nitrogen and oxygen atoms in total. The average molecular weight is 294 g/mol. The molecule has 0 radical (unpaired) electrons. The number of halogens is 2. The molecule has 0 aliphatic heterocycles. The van der Waals surface area contributed by atoms with E-state index in [2.05, 4.69) is 4.72 Å². The van der Waals surface area contributed by atoms with Crippen LogP contribution in [0.3, 0.4) is 0 Å². The largest absolute Gasteiger partial charge is 0.394 e. The van der Waals surface area contributed by atoms with Gasteiger partial charge in [0.15, 0.2) is 0 Å². The summed E-state index contributed by atoms with van der Waals surface area (Å²) in [6, 6.07) is 3.37. The maximum absolute atomic E-state index is 13.2. The van der Waals surface area contributed by atoms with Crippen molar-refractivity contribution in [1.82, 2.24) is 4.72 Å². The van der Waals surface area contributed by atoms with Crippen LogP contribution in [-0.2, 0) is 11.0 Å². The topological polar surface area (TPSA) is 49.3 Å². The number of benzene rings is 1. The molecule has 0 aliphatic carbocycles. The minimum absolute atomic E-state index is 0.242. The van der Waals surface area contributed by atoms with Gasteiger partial charge in [-0.15, -0.1) is 0 Å². The van der Waals surface area contributed by atoms with E-state index in [1.807, 2.05) is 20.8 Å². The molecule has 0 amide bonds. The molecule has 1 aromatic carbocycles. The van der Waals surface area contributed by atoms with Crippen molar-refractivity contribution in [2.75, 3.05) is 6.61 Å². The summed E-state index contributed by atoms with van der Waals surface area (Å²) < 4.78 is 27.5. The minimum Gasteiger partial charge on any atom is -0.394 e. The molecule has 0 aliphatic rings. The highest BCUT2D eigenvalue weighted by Gasteiger charge is 2.23. The molecule has 0 unspecified atom stereocenters. The van der Waals surface area contributed by atoms with Crippen LogP contribution in [0.2, 0.25) is 5.02 Å². The van der Waals surface area contributed by atoms with Gasteiger partial charge < -0.3 is 5.11 Å². The van der Waals surface area contributed by atoms with Crippen LogP contribution >= 0.6 is 11.6 Å². The third kappa shape index (κ3) is 4.31. The van der Waals surface area contributed by atoms with Crippen molar-refractivity contribution in [3.63, 3.8) is 0 Å². The molecule has 0 heterocycles. The van der Waals surface area contributed by atoms with Crippen molar-refractivity contribution in [3.05, 3.63) is 34.6 Å². The van der Waals surface area contributed by atoms with Gasteiger partial charge >= 0.3 is 0 Å². The fourth-order valence-corrected chi connectivity index (χ4v) is 2.35. The summed E-state index contributed by atoms with van der Waals surface area (Å²) in [7, 11) is -1.36. The Morgan fingerprint density at radius 2 is 2.06 bits per heavy atom. The van der Waals surface area contributed by atoms with E-state index in [4.69, 9.17) is 11.6 Å². The van der Waals surface area contributed by atoms with E-state index in [-0.39, 0.29) is 11.6 Å². The van der Waals surface area contributed by atoms with Gasteiger partial charge in [0.1, 0.15) is 5.82 Å². The summed E-state index contributed by atoms with van der Waals surface area (Å²) in [6.07, 6.45) is 0. The number of hydrogen-bond acceptors (Lipinski definition) is 2. The Labute approximate surface area is 114 Å². The van der Waals surface area contributed by atoms with Crippen molar-refractivity contribution < 1.29 is 13.7 Å². The van der Waals surface area contributed by atoms with Crippen LogP contribution in [0, 0.1) is 5.82 Å². The molecule has 2 N–H and O–H groups in total. The maximum Gasteiger partial charge on any atom is 0.125 e. The van der Waals surface area contributed by atoms with E-state index < -0.39 is 27.6 Å². The first-order valence-electron chi connectivity index (χ1n) is 5.49. The smallest absolute Gasteiger partial charge is 0.125 e. The SMILES string of the molecule is CC(C)(C)[S@](=O)N[C@H](CO)c1cc(F)cc(Cl)c1.